The Labute approximate surface area is 114 Å². The Hall–Kier alpha value is -1.55. The Morgan fingerprint density at radius 3 is 2.74 bits per heavy atom. The predicted molar refractivity (Wildman–Crippen MR) is 76.5 cm³/mol. The monoisotopic (exact) mass is 262 g/mol. The summed E-state index contributed by atoms with van der Waals surface area (Å²) >= 11 is 0. The number of amides is 1. The van der Waals surface area contributed by atoms with E-state index in [1.54, 1.807) is 7.11 Å². The van der Waals surface area contributed by atoms with Gasteiger partial charge in [-0.15, -0.1) is 0 Å². The van der Waals surface area contributed by atoms with Crippen molar-refractivity contribution >= 4 is 11.6 Å². The lowest BCUT2D eigenvalue weighted by Gasteiger charge is -2.21. The molecule has 1 aliphatic rings. The van der Waals surface area contributed by atoms with Gasteiger partial charge in [0.2, 0.25) is 0 Å². The van der Waals surface area contributed by atoms with Crippen LogP contribution in [0.4, 0.5) is 5.69 Å². The number of nitrogens with one attached hydrogen (secondary N) is 2. The Bertz CT molecular complexity index is 444. The van der Waals surface area contributed by atoms with Gasteiger partial charge in [0.25, 0.3) is 5.91 Å². The van der Waals surface area contributed by atoms with E-state index in [9.17, 15) is 4.79 Å². The van der Waals surface area contributed by atoms with E-state index in [1.165, 1.54) is 0 Å². The van der Waals surface area contributed by atoms with Gasteiger partial charge in [0, 0.05) is 30.4 Å². The second kappa shape index (κ2) is 6.06. The molecule has 1 fully saturated rings. The highest BCUT2D eigenvalue weighted by atomic mass is 16.5. The fourth-order valence-electron chi connectivity index (χ4n) is 1.83. The molecule has 0 aromatic heterocycles. The number of carbonyl (C=O) groups excluding carboxylic acids is 1. The molecule has 0 bridgehead atoms. The average Bonchev–Trinajstić information content (AvgIpc) is 3.22. The van der Waals surface area contributed by atoms with Gasteiger partial charge >= 0.3 is 0 Å². The summed E-state index contributed by atoms with van der Waals surface area (Å²) in [7, 11) is 1.70. The molecule has 0 heterocycles. The van der Waals surface area contributed by atoms with Gasteiger partial charge in [-0.25, -0.2) is 0 Å². The van der Waals surface area contributed by atoms with Crippen LogP contribution in [0, 0.1) is 0 Å². The van der Waals surface area contributed by atoms with Gasteiger partial charge in [0.15, 0.2) is 0 Å². The van der Waals surface area contributed by atoms with Crippen LogP contribution in [0.5, 0.6) is 0 Å². The van der Waals surface area contributed by atoms with Gasteiger partial charge in [-0.2, -0.15) is 0 Å². The number of ether oxygens (including phenoxy) is 1. The molecule has 0 aliphatic heterocycles. The van der Waals surface area contributed by atoms with Gasteiger partial charge in [0.05, 0.1) is 6.10 Å². The van der Waals surface area contributed by atoms with E-state index in [2.05, 4.69) is 17.6 Å². The van der Waals surface area contributed by atoms with Crippen LogP contribution in [0.25, 0.3) is 0 Å². The zero-order valence-corrected chi connectivity index (χ0v) is 11.8. The Morgan fingerprint density at radius 1 is 1.37 bits per heavy atom. The van der Waals surface area contributed by atoms with E-state index in [0.29, 0.717) is 11.6 Å². The van der Waals surface area contributed by atoms with Crippen molar-refractivity contribution in [2.45, 2.75) is 44.9 Å². The minimum atomic E-state index is 0.0126. The average molecular weight is 262 g/mol. The first-order valence-corrected chi connectivity index (χ1v) is 6.80. The Morgan fingerprint density at radius 2 is 2.11 bits per heavy atom. The predicted octanol–water partition coefficient (Wildman–Crippen LogP) is 2.41. The number of hydrogen-bond donors (Lipinski definition) is 2. The molecule has 2 rings (SSSR count). The van der Waals surface area contributed by atoms with Crippen LogP contribution in [-0.4, -0.2) is 31.2 Å². The first kappa shape index (κ1) is 13.9. The van der Waals surface area contributed by atoms with Crippen molar-refractivity contribution < 1.29 is 9.53 Å². The largest absolute Gasteiger partial charge is 0.380 e. The Kier molecular flexibility index (Phi) is 4.43. The molecule has 104 valence electrons. The molecule has 1 saturated carbocycles. The minimum Gasteiger partial charge on any atom is -0.380 e. The standard InChI is InChI=1S/C15H22N2O2/c1-10(11(2)19-3)16-14-6-4-5-12(9-14)15(18)17-13-7-8-13/h4-6,9-11,13,16H,7-8H2,1-3H3,(H,17,18). The summed E-state index contributed by atoms with van der Waals surface area (Å²) in [5, 5.41) is 6.34. The molecule has 19 heavy (non-hydrogen) atoms. The fourth-order valence-corrected chi connectivity index (χ4v) is 1.83. The van der Waals surface area contributed by atoms with Crippen molar-refractivity contribution in [2.75, 3.05) is 12.4 Å². The Balaban J connectivity index is 1.99. The highest BCUT2D eigenvalue weighted by Gasteiger charge is 2.23. The number of carbonyl (C=O) groups is 1. The molecule has 0 spiro atoms. The zero-order valence-electron chi connectivity index (χ0n) is 11.8. The molecular weight excluding hydrogens is 240 g/mol. The second-order valence-corrected chi connectivity index (χ2v) is 5.20. The number of rotatable bonds is 6. The first-order valence-electron chi connectivity index (χ1n) is 6.80. The molecule has 4 nitrogen and oxygen atoms in total. The van der Waals surface area contributed by atoms with Crippen molar-refractivity contribution in [3.05, 3.63) is 29.8 Å². The third kappa shape index (κ3) is 3.96. The van der Waals surface area contributed by atoms with Gasteiger partial charge in [-0.05, 0) is 44.9 Å². The van der Waals surface area contributed by atoms with Crippen LogP contribution in [0.3, 0.4) is 0 Å². The van der Waals surface area contributed by atoms with Gasteiger partial charge < -0.3 is 15.4 Å². The van der Waals surface area contributed by atoms with Gasteiger partial charge in [-0.1, -0.05) is 6.07 Å². The maximum atomic E-state index is 12.0. The minimum absolute atomic E-state index is 0.0126. The highest BCUT2D eigenvalue weighted by molar-refractivity contribution is 5.95. The van der Waals surface area contributed by atoms with E-state index < -0.39 is 0 Å². The molecule has 2 N–H and O–H groups in total. The van der Waals surface area contributed by atoms with Crippen LogP contribution in [-0.2, 0) is 4.74 Å². The van der Waals surface area contributed by atoms with Crippen molar-refractivity contribution in [3.63, 3.8) is 0 Å². The summed E-state index contributed by atoms with van der Waals surface area (Å²) in [6.45, 7) is 4.08. The van der Waals surface area contributed by atoms with Gasteiger partial charge in [-0.3, -0.25) is 4.79 Å². The quantitative estimate of drug-likeness (QED) is 0.827. The van der Waals surface area contributed by atoms with E-state index in [4.69, 9.17) is 4.74 Å². The maximum absolute atomic E-state index is 12.0. The summed E-state index contributed by atoms with van der Waals surface area (Å²) in [6, 6.07) is 8.16. The molecular formula is C15H22N2O2. The normalized spacial score (nSPS) is 17.6. The van der Waals surface area contributed by atoms with E-state index >= 15 is 0 Å². The summed E-state index contributed by atoms with van der Waals surface area (Å²) in [5.41, 5.74) is 1.65. The summed E-state index contributed by atoms with van der Waals surface area (Å²) < 4.78 is 5.28. The van der Waals surface area contributed by atoms with Crippen molar-refractivity contribution in [2.24, 2.45) is 0 Å². The van der Waals surface area contributed by atoms with E-state index in [0.717, 1.165) is 18.5 Å². The van der Waals surface area contributed by atoms with Crippen LogP contribution >= 0.6 is 0 Å². The lowest BCUT2D eigenvalue weighted by Crippen LogP contribution is -2.30. The van der Waals surface area contributed by atoms with E-state index in [-0.39, 0.29) is 18.1 Å². The van der Waals surface area contributed by atoms with Crippen molar-refractivity contribution in [1.82, 2.24) is 5.32 Å². The maximum Gasteiger partial charge on any atom is 0.251 e. The van der Waals surface area contributed by atoms with Crippen LogP contribution < -0.4 is 10.6 Å². The smallest absolute Gasteiger partial charge is 0.251 e. The fraction of sp³-hybridized carbons (Fsp3) is 0.533. The molecule has 4 heteroatoms. The molecule has 1 amide bonds. The molecule has 1 aromatic rings. The topological polar surface area (TPSA) is 50.4 Å². The molecule has 0 saturated heterocycles. The number of methoxy groups -OCH3 is 1. The summed E-state index contributed by atoms with van der Waals surface area (Å²) in [6.07, 6.45) is 2.32. The lowest BCUT2D eigenvalue weighted by atomic mass is 10.1. The zero-order chi connectivity index (χ0) is 13.8. The summed E-state index contributed by atoms with van der Waals surface area (Å²) in [4.78, 5) is 12.0. The van der Waals surface area contributed by atoms with Crippen LogP contribution in [0.2, 0.25) is 0 Å². The van der Waals surface area contributed by atoms with Crippen molar-refractivity contribution in [1.29, 1.82) is 0 Å². The molecule has 1 aliphatic carbocycles. The van der Waals surface area contributed by atoms with Gasteiger partial charge in [0.1, 0.15) is 0 Å². The lowest BCUT2D eigenvalue weighted by molar-refractivity contribution is 0.0951. The van der Waals surface area contributed by atoms with E-state index in [1.807, 2.05) is 31.2 Å². The third-order valence-electron chi connectivity index (χ3n) is 3.51. The molecule has 2 atom stereocenters. The second-order valence-electron chi connectivity index (χ2n) is 5.20. The highest BCUT2D eigenvalue weighted by Crippen LogP contribution is 2.20. The summed E-state index contributed by atoms with van der Waals surface area (Å²) in [5.74, 6) is 0.0126. The number of hydrogen-bond acceptors (Lipinski definition) is 3. The molecule has 1 aromatic carbocycles. The molecule has 2 unspecified atom stereocenters. The number of anilines is 1. The SMILES string of the molecule is COC(C)C(C)Nc1cccc(C(=O)NC2CC2)c1. The van der Waals surface area contributed by atoms with Crippen molar-refractivity contribution in [3.8, 4) is 0 Å². The third-order valence-corrected chi connectivity index (χ3v) is 3.51. The first-order chi connectivity index (χ1) is 9.10. The van der Waals surface area contributed by atoms with Crippen LogP contribution in [0.1, 0.15) is 37.0 Å². The molecule has 0 radical (unpaired) electrons. The van der Waals surface area contributed by atoms with Crippen LogP contribution in [0.15, 0.2) is 24.3 Å². The number of benzene rings is 1.